The first-order valence-corrected chi connectivity index (χ1v) is 9.06. The standard InChI is InChI=1S/C17H25N7O6/c1-23(16(19)20)6-4-9(18)8-12(26)21-10-2-3-13(30-14(10)15(27)28)24-7-5-11(25)22-17(24)29/h2-3,5,7,9-10,13-14H,4,6,8,18H2,1H3,(H3,19,20)(H,21,26)(H,27,28)(H,22,25,29)/t9-,10?,13+,14-/m0/s1. The molecule has 0 fully saturated rings. The number of ether oxygens (including phenoxy) is 1. The Balaban J connectivity index is 2.01. The van der Waals surface area contributed by atoms with Gasteiger partial charge in [-0.1, -0.05) is 6.08 Å². The van der Waals surface area contributed by atoms with Gasteiger partial charge in [0.25, 0.3) is 5.56 Å². The molecular formula is C17H25N7O6. The first-order valence-electron chi connectivity index (χ1n) is 9.06. The highest BCUT2D eigenvalue weighted by Crippen LogP contribution is 2.20. The normalized spacial score (nSPS) is 21.6. The van der Waals surface area contributed by atoms with Crippen LogP contribution in [0.4, 0.5) is 0 Å². The van der Waals surface area contributed by atoms with E-state index in [-0.39, 0.29) is 12.4 Å². The quantitative estimate of drug-likeness (QED) is 0.148. The number of aliphatic carboxylic acids is 1. The van der Waals surface area contributed by atoms with Gasteiger partial charge in [-0.05, 0) is 12.5 Å². The van der Waals surface area contributed by atoms with E-state index in [1.165, 1.54) is 23.2 Å². The molecule has 30 heavy (non-hydrogen) atoms. The molecule has 0 saturated carbocycles. The number of rotatable bonds is 8. The molecule has 4 atom stereocenters. The molecule has 1 aliphatic rings. The number of amides is 1. The van der Waals surface area contributed by atoms with E-state index in [1.54, 1.807) is 7.05 Å². The highest BCUT2D eigenvalue weighted by atomic mass is 16.5. The number of aromatic nitrogens is 2. The minimum absolute atomic E-state index is 0.0643. The number of H-pyrrole nitrogens is 1. The monoisotopic (exact) mass is 423 g/mol. The van der Waals surface area contributed by atoms with Crippen molar-refractivity contribution in [3.63, 3.8) is 0 Å². The fourth-order valence-electron chi connectivity index (χ4n) is 2.78. The zero-order chi connectivity index (χ0) is 22.4. The molecule has 0 spiro atoms. The van der Waals surface area contributed by atoms with Crippen LogP contribution in [-0.2, 0) is 14.3 Å². The maximum Gasteiger partial charge on any atom is 0.335 e. The lowest BCUT2D eigenvalue weighted by Gasteiger charge is -2.31. The summed E-state index contributed by atoms with van der Waals surface area (Å²) in [5.41, 5.74) is 9.90. The molecule has 2 heterocycles. The Morgan fingerprint density at radius 1 is 1.43 bits per heavy atom. The summed E-state index contributed by atoms with van der Waals surface area (Å²) in [6, 6.07) is -0.388. The number of nitrogens with two attached hydrogens (primary N) is 2. The van der Waals surface area contributed by atoms with Crippen LogP contribution in [0.5, 0.6) is 0 Å². The van der Waals surface area contributed by atoms with Crippen LogP contribution in [0.25, 0.3) is 0 Å². The molecule has 1 aliphatic heterocycles. The van der Waals surface area contributed by atoms with Gasteiger partial charge in [0.2, 0.25) is 5.91 Å². The summed E-state index contributed by atoms with van der Waals surface area (Å²) in [5.74, 6) is -1.92. The van der Waals surface area contributed by atoms with E-state index >= 15 is 0 Å². The van der Waals surface area contributed by atoms with E-state index < -0.39 is 47.5 Å². The van der Waals surface area contributed by atoms with E-state index in [4.69, 9.17) is 21.6 Å². The topological polar surface area (TPSA) is 210 Å². The summed E-state index contributed by atoms with van der Waals surface area (Å²) in [7, 11) is 1.63. The third-order valence-corrected chi connectivity index (χ3v) is 4.49. The van der Waals surface area contributed by atoms with Gasteiger partial charge in [-0.15, -0.1) is 0 Å². The van der Waals surface area contributed by atoms with Crippen LogP contribution in [-0.4, -0.2) is 69.2 Å². The van der Waals surface area contributed by atoms with Crippen LogP contribution in [0.1, 0.15) is 19.1 Å². The lowest BCUT2D eigenvalue weighted by Crippen LogP contribution is -2.51. The minimum Gasteiger partial charge on any atom is -0.479 e. The zero-order valence-electron chi connectivity index (χ0n) is 16.3. The highest BCUT2D eigenvalue weighted by molar-refractivity contribution is 5.80. The Labute approximate surface area is 170 Å². The number of hydrogen-bond acceptors (Lipinski definition) is 7. The first-order chi connectivity index (χ1) is 14.1. The van der Waals surface area contributed by atoms with Gasteiger partial charge < -0.3 is 31.5 Å². The van der Waals surface area contributed by atoms with Crippen LogP contribution in [0.3, 0.4) is 0 Å². The maximum absolute atomic E-state index is 12.3. The van der Waals surface area contributed by atoms with Gasteiger partial charge in [0, 0.05) is 38.3 Å². The number of carboxylic acid groups (broad SMARTS) is 1. The Hall–Kier alpha value is -3.45. The van der Waals surface area contributed by atoms with E-state index in [0.717, 1.165) is 10.6 Å². The second-order valence-corrected chi connectivity index (χ2v) is 6.84. The zero-order valence-corrected chi connectivity index (χ0v) is 16.3. The second-order valence-electron chi connectivity index (χ2n) is 6.84. The molecule has 8 N–H and O–H groups in total. The van der Waals surface area contributed by atoms with Crippen molar-refractivity contribution in [3.05, 3.63) is 45.3 Å². The molecule has 1 aromatic heterocycles. The van der Waals surface area contributed by atoms with Crippen molar-refractivity contribution in [1.29, 1.82) is 5.41 Å². The summed E-state index contributed by atoms with van der Waals surface area (Å²) in [5, 5.41) is 19.3. The molecule has 1 unspecified atom stereocenters. The fourth-order valence-corrected chi connectivity index (χ4v) is 2.78. The Morgan fingerprint density at radius 2 is 2.13 bits per heavy atom. The van der Waals surface area contributed by atoms with Gasteiger partial charge in [-0.2, -0.15) is 0 Å². The summed E-state index contributed by atoms with van der Waals surface area (Å²) < 4.78 is 6.46. The van der Waals surface area contributed by atoms with Gasteiger partial charge in [0.1, 0.15) is 0 Å². The first kappa shape index (κ1) is 22.8. The summed E-state index contributed by atoms with van der Waals surface area (Å²) >= 11 is 0. The predicted octanol–water partition coefficient (Wildman–Crippen LogP) is -2.51. The molecule has 1 aromatic rings. The van der Waals surface area contributed by atoms with Crippen molar-refractivity contribution in [2.45, 2.75) is 37.3 Å². The van der Waals surface area contributed by atoms with E-state index in [9.17, 15) is 24.3 Å². The number of nitrogens with one attached hydrogen (secondary N) is 3. The summed E-state index contributed by atoms with van der Waals surface area (Å²) in [6.07, 6.45) is 1.83. The second kappa shape index (κ2) is 9.84. The van der Waals surface area contributed by atoms with Crippen molar-refractivity contribution in [2.75, 3.05) is 13.6 Å². The molecule has 2 rings (SSSR count). The number of guanidine groups is 1. The predicted molar refractivity (Wildman–Crippen MR) is 106 cm³/mol. The lowest BCUT2D eigenvalue weighted by atomic mass is 10.1. The minimum atomic E-state index is -1.46. The van der Waals surface area contributed by atoms with Crippen molar-refractivity contribution in [1.82, 2.24) is 19.8 Å². The maximum atomic E-state index is 12.3. The smallest absolute Gasteiger partial charge is 0.335 e. The van der Waals surface area contributed by atoms with E-state index in [2.05, 4.69) is 10.3 Å². The van der Waals surface area contributed by atoms with Crippen LogP contribution >= 0.6 is 0 Å². The van der Waals surface area contributed by atoms with Crippen molar-refractivity contribution >= 4 is 17.8 Å². The largest absolute Gasteiger partial charge is 0.479 e. The molecule has 0 bridgehead atoms. The Morgan fingerprint density at radius 3 is 2.73 bits per heavy atom. The van der Waals surface area contributed by atoms with Crippen LogP contribution < -0.4 is 28.0 Å². The third kappa shape index (κ3) is 6.02. The number of carboxylic acids is 1. The molecule has 164 valence electrons. The van der Waals surface area contributed by atoms with Crippen LogP contribution in [0.2, 0.25) is 0 Å². The lowest BCUT2D eigenvalue weighted by molar-refractivity contribution is -0.159. The molecule has 0 aliphatic carbocycles. The SMILES string of the molecule is CN(CC[C@H](N)CC(=O)NC1C=C[C@H](n2ccc(=O)[nH]c2=O)O[C@@H]1C(=O)O)C(=N)N. The number of carbonyl (C=O) groups is 2. The van der Waals surface area contributed by atoms with Crippen molar-refractivity contribution in [3.8, 4) is 0 Å². The van der Waals surface area contributed by atoms with Crippen LogP contribution in [0.15, 0.2) is 34.0 Å². The molecule has 0 saturated heterocycles. The van der Waals surface area contributed by atoms with Gasteiger partial charge >= 0.3 is 11.7 Å². The molecule has 0 aromatic carbocycles. The summed E-state index contributed by atoms with van der Waals surface area (Å²) in [4.78, 5) is 50.5. The third-order valence-electron chi connectivity index (χ3n) is 4.49. The average molecular weight is 423 g/mol. The van der Waals surface area contributed by atoms with Crippen LogP contribution in [0, 0.1) is 5.41 Å². The number of carbonyl (C=O) groups excluding carboxylic acids is 1. The highest BCUT2D eigenvalue weighted by Gasteiger charge is 2.35. The van der Waals surface area contributed by atoms with Gasteiger partial charge in [0.15, 0.2) is 18.3 Å². The van der Waals surface area contributed by atoms with Crippen molar-refractivity contribution in [2.24, 2.45) is 11.5 Å². The molecule has 13 heteroatoms. The van der Waals surface area contributed by atoms with Gasteiger partial charge in [-0.3, -0.25) is 24.5 Å². The van der Waals surface area contributed by atoms with E-state index in [1.807, 2.05) is 0 Å². The number of aromatic amines is 1. The Kier molecular flexibility index (Phi) is 7.49. The molecule has 1 amide bonds. The van der Waals surface area contributed by atoms with E-state index in [0.29, 0.717) is 13.0 Å². The summed E-state index contributed by atoms with van der Waals surface area (Å²) in [6.45, 7) is 0.392. The van der Waals surface area contributed by atoms with Gasteiger partial charge in [0.05, 0.1) is 6.04 Å². The Bertz CT molecular complexity index is 939. The molecular weight excluding hydrogens is 398 g/mol. The van der Waals surface area contributed by atoms with Crippen molar-refractivity contribution < 1.29 is 19.4 Å². The fraction of sp³-hybridized carbons (Fsp3) is 0.471. The number of hydrogen-bond donors (Lipinski definition) is 6. The average Bonchev–Trinajstić information content (AvgIpc) is 2.66. The number of nitrogens with zero attached hydrogens (tertiary/aromatic N) is 2. The molecule has 0 radical (unpaired) electrons. The molecule has 13 nitrogen and oxygen atoms in total. The van der Waals surface area contributed by atoms with Gasteiger partial charge in [-0.25, -0.2) is 9.59 Å².